The lowest BCUT2D eigenvalue weighted by Crippen LogP contribution is -2.57. The van der Waals surface area contributed by atoms with Crippen molar-refractivity contribution in [1.29, 1.82) is 0 Å². The van der Waals surface area contributed by atoms with Gasteiger partial charge in [0.2, 0.25) is 5.92 Å². The number of aromatic amines is 2. The maximum absolute atomic E-state index is 13.7. The fourth-order valence-corrected chi connectivity index (χ4v) is 6.51. The largest absolute Gasteiger partial charge is 0.435 e. The fraction of sp³-hybridized carbons (Fsp3) is 0.500. The van der Waals surface area contributed by atoms with E-state index < -0.39 is 42.5 Å². The van der Waals surface area contributed by atoms with Crippen molar-refractivity contribution in [2.24, 2.45) is 11.7 Å². The minimum Gasteiger partial charge on any atom is -0.337 e. The number of rotatable bonds is 8. The number of imidazole rings is 1. The molecule has 18 heteroatoms. The molecule has 1 saturated heterocycles. The normalized spacial score (nSPS) is 21.0. The minimum atomic E-state index is -4.78. The summed E-state index contributed by atoms with van der Waals surface area (Å²) in [5.41, 5.74) is 5.14. The zero-order valence-corrected chi connectivity index (χ0v) is 26.2. The minimum absolute atomic E-state index is 0.0155. The van der Waals surface area contributed by atoms with Crippen LogP contribution in [0.15, 0.2) is 24.4 Å². The average Bonchev–Trinajstić information content (AvgIpc) is 3.63. The highest BCUT2D eigenvalue weighted by atomic mass is 35.5. The third-order valence-corrected chi connectivity index (χ3v) is 9.23. The molecular weight excluding hydrogens is 665 g/mol. The van der Waals surface area contributed by atoms with Crippen molar-refractivity contribution >= 4 is 35.1 Å². The molecule has 1 aromatic carbocycles. The molecule has 2 saturated carbocycles. The van der Waals surface area contributed by atoms with Crippen LogP contribution < -0.4 is 16.4 Å². The van der Waals surface area contributed by atoms with Crippen LogP contribution in [0, 0.1) is 5.92 Å². The van der Waals surface area contributed by atoms with Gasteiger partial charge in [-0.05, 0) is 43.4 Å². The number of carbonyl (C=O) groups is 3. The summed E-state index contributed by atoms with van der Waals surface area (Å²) < 4.78 is 67.6. The highest BCUT2D eigenvalue weighted by Gasteiger charge is 2.46. The Balaban J connectivity index is 1.05. The van der Waals surface area contributed by atoms with Crippen LogP contribution in [0.5, 0.6) is 0 Å². The maximum Gasteiger partial charge on any atom is 0.435 e. The van der Waals surface area contributed by atoms with E-state index in [4.69, 9.17) is 17.3 Å². The van der Waals surface area contributed by atoms with E-state index in [-0.39, 0.29) is 75.9 Å². The van der Waals surface area contributed by atoms with Crippen molar-refractivity contribution in [2.45, 2.75) is 62.7 Å². The highest BCUT2D eigenvalue weighted by Crippen LogP contribution is 2.44. The number of halogens is 6. The third-order valence-electron chi connectivity index (χ3n) is 8.91. The first-order valence-corrected chi connectivity index (χ1v) is 15.8. The monoisotopic (exact) mass is 697 g/mol. The number of benzene rings is 1. The Bertz CT molecular complexity index is 1690. The summed E-state index contributed by atoms with van der Waals surface area (Å²) in [4.78, 5) is 48.5. The van der Waals surface area contributed by atoms with E-state index >= 15 is 0 Å². The van der Waals surface area contributed by atoms with Gasteiger partial charge in [0, 0.05) is 86.4 Å². The highest BCUT2D eigenvalue weighted by molar-refractivity contribution is 6.34. The predicted octanol–water partition coefficient (Wildman–Crippen LogP) is 4.19. The van der Waals surface area contributed by atoms with Gasteiger partial charge < -0.3 is 31.2 Å². The number of anilines is 1. The summed E-state index contributed by atoms with van der Waals surface area (Å²) in [6, 6.07) is 4.33. The summed E-state index contributed by atoms with van der Waals surface area (Å²) in [6.07, 6.45) is -3.23. The Kier molecular flexibility index (Phi) is 9.10. The lowest BCUT2D eigenvalue weighted by Gasteiger charge is -2.38. The Morgan fingerprint density at radius 3 is 2.40 bits per heavy atom. The first-order valence-electron chi connectivity index (χ1n) is 15.4. The van der Waals surface area contributed by atoms with E-state index in [1.54, 1.807) is 9.80 Å². The van der Waals surface area contributed by atoms with E-state index in [0.29, 0.717) is 26.2 Å². The Morgan fingerprint density at radius 1 is 1.08 bits per heavy atom. The molecule has 6 rings (SSSR count). The van der Waals surface area contributed by atoms with E-state index in [9.17, 15) is 36.3 Å². The Labute approximate surface area is 275 Å². The summed E-state index contributed by atoms with van der Waals surface area (Å²) in [6.45, 7) is 1.33. The van der Waals surface area contributed by atoms with Crippen molar-refractivity contribution < 1.29 is 36.3 Å². The molecule has 0 unspecified atom stereocenters. The molecule has 1 aliphatic heterocycles. The van der Waals surface area contributed by atoms with E-state index in [0.717, 1.165) is 12.8 Å². The van der Waals surface area contributed by atoms with Crippen LogP contribution in [0.1, 0.15) is 69.3 Å². The van der Waals surface area contributed by atoms with Crippen LogP contribution in [-0.4, -0.2) is 92.0 Å². The number of hydrogen-bond acceptors (Lipinski definition) is 6. The zero-order chi connectivity index (χ0) is 34.4. The Hall–Kier alpha value is -4.25. The fourth-order valence-electron chi connectivity index (χ4n) is 6.25. The van der Waals surface area contributed by atoms with Crippen LogP contribution in [0.2, 0.25) is 5.02 Å². The molecule has 3 heterocycles. The number of piperazine rings is 1. The first-order chi connectivity index (χ1) is 22.6. The molecule has 0 spiro atoms. The number of alkyl halides is 5. The molecule has 4 amide bonds. The SMILES string of the molecule is NC1CC(NC(=O)N2CCN(C(=O)c3ccc(NC(=O)c4ncc(Cc5c(C(F)(F)F)n[nH]c5CC5CC(F)(F)C5)[nH]4)cc3Cl)CC2)C1. The number of nitrogens with two attached hydrogens (primary N) is 1. The lowest BCUT2D eigenvalue weighted by molar-refractivity contribution is -0.141. The molecule has 2 aliphatic carbocycles. The molecule has 3 aliphatic rings. The first kappa shape index (κ1) is 33.6. The number of aromatic nitrogens is 4. The van der Waals surface area contributed by atoms with Crippen LogP contribution >= 0.6 is 11.6 Å². The molecule has 3 fully saturated rings. The summed E-state index contributed by atoms with van der Waals surface area (Å²) in [7, 11) is 0. The number of urea groups is 1. The number of hydrogen-bond donors (Lipinski definition) is 5. The van der Waals surface area contributed by atoms with Crippen molar-refractivity contribution in [3.05, 3.63) is 63.5 Å². The predicted molar refractivity (Wildman–Crippen MR) is 163 cm³/mol. The van der Waals surface area contributed by atoms with Gasteiger partial charge in [-0.25, -0.2) is 18.6 Å². The number of carbonyl (C=O) groups excluding carboxylic acids is 3. The van der Waals surface area contributed by atoms with E-state index in [1.165, 1.54) is 24.4 Å². The van der Waals surface area contributed by atoms with Crippen LogP contribution in [0.25, 0.3) is 0 Å². The second-order valence-electron chi connectivity index (χ2n) is 12.6. The topological polar surface area (TPSA) is 165 Å². The summed E-state index contributed by atoms with van der Waals surface area (Å²) in [5.74, 6) is -4.53. The molecule has 0 radical (unpaired) electrons. The van der Waals surface area contributed by atoms with Gasteiger partial charge >= 0.3 is 12.2 Å². The van der Waals surface area contributed by atoms with Crippen LogP contribution in [0.3, 0.4) is 0 Å². The maximum atomic E-state index is 13.7. The molecule has 6 N–H and O–H groups in total. The number of nitrogens with one attached hydrogen (secondary N) is 4. The molecule has 12 nitrogen and oxygen atoms in total. The molecule has 2 aromatic heterocycles. The standard InChI is InChI=1S/C30H33ClF5N9O3/c31-22-11-17(1-2-20(22)27(47)44-3-5-45(6-4-44)28(48)41-18-8-16(37)9-18)40-26(46)25-38-14-19(39-25)10-21-23(7-15-12-29(32,33)13-15)42-43-24(21)30(34,35)36/h1-2,11,14-16,18H,3-10,12-13,37H2,(H,38,39)(H,40,46)(H,41,48)(H,42,43). The molecule has 0 bridgehead atoms. The quantitative estimate of drug-likeness (QED) is 0.222. The smallest absolute Gasteiger partial charge is 0.337 e. The van der Waals surface area contributed by atoms with Crippen LogP contribution in [0.4, 0.5) is 32.4 Å². The average molecular weight is 698 g/mol. The number of nitrogens with zero attached hydrogens (tertiary/aromatic N) is 4. The third kappa shape index (κ3) is 7.41. The lowest BCUT2D eigenvalue weighted by atomic mass is 9.78. The van der Waals surface area contributed by atoms with Crippen molar-refractivity contribution in [3.8, 4) is 0 Å². The second kappa shape index (κ2) is 13.0. The van der Waals surface area contributed by atoms with Gasteiger partial charge in [-0.15, -0.1) is 0 Å². The van der Waals surface area contributed by atoms with E-state index in [2.05, 4.69) is 30.8 Å². The van der Waals surface area contributed by atoms with Gasteiger partial charge in [-0.3, -0.25) is 14.7 Å². The van der Waals surface area contributed by atoms with Gasteiger partial charge in [0.1, 0.15) is 0 Å². The molecule has 258 valence electrons. The van der Waals surface area contributed by atoms with Crippen LogP contribution in [-0.2, 0) is 19.0 Å². The number of H-pyrrole nitrogens is 2. The van der Waals surface area contributed by atoms with Gasteiger partial charge in [-0.1, -0.05) is 11.6 Å². The molecule has 48 heavy (non-hydrogen) atoms. The van der Waals surface area contributed by atoms with Gasteiger partial charge in [-0.2, -0.15) is 18.3 Å². The Morgan fingerprint density at radius 2 is 1.77 bits per heavy atom. The summed E-state index contributed by atoms with van der Waals surface area (Å²) >= 11 is 6.41. The number of amides is 4. The van der Waals surface area contributed by atoms with Crippen molar-refractivity contribution in [3.63, 3.8) is 0 Å². The van der Waals surface area contributed by atoms with Gasteiger partial charge in [0.05, 0.1) is 10.6 Å². The van der Waals surface area contributed by atoms with Crippen molar-refractivity contribution in [2.75, 3.05) is 31.5 Å². The molecular formula is C30H33ClF5N9O3. The van der Waals surface area contributed by atoms with Gasteiger partial charge in [0.15, 0.2) is 11.5 Å². The summed E-state index contributed by atoms with van der Waals surface area (Å²) in [5, 5.41) is 11.4. The van der Waals surface area contributed by atoms with Crippen molar-refractivity contribution in [1.82, 2.24) is 35.3 Å². The van der Waals surface area contributed by atoms with Gasteiger partial charge in [0.25, 0.3) is 11.8 Å². The molecule has 0 atom stereocenters. The zero-order valence-electron chi connectivity index (χ0n) is 25.5. The molecule has 3 aromatic rings. The second-order valence-corrected chi connectivity index (χ2v) is 13.0. The van der Waals surface area contributed by atoms with E-state index in [1.807, 2.05) is 0 Å².